The summed E-state index contributed by atoms with van der Waals surface area (Å²) in [5.41, 5.74) is 4.10. The molecular weight excluding hydrogens is 338 g/mol. The minimum absolute atomic E-state index is 0.0243. The lowest BCUT2D eigenvalue weighted by Gasteiger charge is -2.08. The van der Waals surface area contributed by atoms with E-state index >= 15 is 0 Å². The number of nitrogens with one attached hydrogen (secondary N) is 1. The number of Topliss-reactive ketones (excluding diaryl/α,β-unsaturated/α-hetero) is 1. The summed E-state index contributed by atoms with van der Waals surface area (Å²) in [6.07, 6.45) is 1.53. The van der Waals surface area contributed by atoms with Gasteiger partial charge in [-0.25, -0.2) is 4.98 Å². The first-order valence-electron chi connectivity index (χ1n) is 6.85. The van der Waals surface area contributed by atoms with Crippen molar-refractivity contribution in [3.8, 4) is 11.5 Å². The first kappa shape index (κ1) is 17.2. The Morgan fingerprint density at radius 2 is 2.30 bits per heavy atom. The van der Waals surface area contributed by atoms with Gasteiger partial charge in [0.2, 0.25) is 5.13 Å². The minimum Gasteiger partial charge on any atom is -0.503 e. The average Bonchev–Trinajstić information content (AvgIpc) is 2.85. The summed E-state index contributed by atoms with van der Waals surface area (Å²) >= 11 is 7.19. The van der Waals surface area contributed by atoms with E-state index in [2.05, 4.69) is 15.5 Å². The summed E-state index contributed by atoms with van der Waals surface area (Å²) in [5, 5.41) is 14.6. The van der Waals surface area contributed by atoms with Gasteiger partial charge in [-0.3, -0.25) is 10.2 Å². The van der Waals surface area contributed by atoms with E-state index in [9.17, 15) is 9.90 Å². The van der Waals surface area contributed by atoms with Gasteiger partial charge in [0.1, 0.15) is 0 Å². The van der Waals surface area contributed by atoms with Crippen molar-refractivity contribution >= 4 is 40.1 Å². The number of rotatable bonds is 6. The van der Waals surface area contributed by atoms with Crippen LogP contribution in [0, 0.1) is 6.92 Å². The van der Waals surface area contributed by atoms with E-state index in [1.807, 2.05) is 6.92 Å². The van der Waals surface area contributed by atoms with Gasteiger partial charge >= 0.3 is 0 Å². The Kier molecular flexibility index (Phi) is 5.57. The molecule has 0 spiro atoms. The number of phenols is 1. The second-order valence-corrected chi connectivity index (χ2v) is 6.05. The highest BCUT2D eigenvalue weighted by Crippen LogP contribution is 2.34. The number of ether oxygens (including phenoxy) is 1. The van der Waals surface area contributed by atoms with E-state index in [1.165, 1.54) is 24.5 Å². The molecule has 0 radical (unpaired) electrons. The van der Waals surface area contributed by atoms with Crippen molar-refractivity contribution in [2.75, 3.05) is 12.0 Å². The average molecular weight is 354 g/mol. The SMILES string of the molecule is CCOc1cc(/C=N\Nc2nc(C)c(C(C)=O)s2)cc(Cl)c1O. The number of halogens is 1. The van der Waals surface area contributed by atoms with Gasteiger partial charge in [0, 0.05) is 6.92 Å². The highest BCUT2D eigenvalue weighted by molar-refractivity contribution is 7.17. The van der Waals surface area contributed by atoms with Gasteiger partial charge in [-0.05, 0) is 31.5 Å². The Morgan fingerprint density at radius 1 is 1.57 bits per heavy atom. The molecule has 0 atom stereocenters. The summed E-state index contributed by atoms with van der Waals surface area (Å²) in [4.78, 5) is 16.2. The van der Waals surface area contributed by atoms with Crippen LogP contribution < -0.4 is 10.2 Å². The number of aromatic hydroxyl groups is 1. The van der Waals surface area contributed by atoms with Crippen molar-refractivity contribution in [1.29, 1.82) is 0 Å². The van der Waals surface area contributed by atoms with Crippen LogP contribution in [-0.4, -0.2) is 28.7 Å². The molecule has 6 nitrogen and oxygen atoms in total. The van der Waals surface area contributed by atoms with Crippen molar-refractivity contribution in [1.82, 2.24) is 4.98 Å². The van der Waals surface area contributed by atoms with E-state index in [0.29, 0.717) is 33.6 Å². The summed E-state index contributed by atoms with van der Waals surface area (Å²) in [6, 6.07) is 3.20. The van der Waals surface area contributed by atoms with Crippen molar-refractivity contribution in [2.24, 2.45) is 5.10 Å². The van der Waals surface area contributed by atoms with Gasteiger partial charge in [-0.2, -0.15) is 5.10 Å². The summed E-state index contributed by atoms with van der Waals surface area (Å²) in [5.74, 6) is 0.175. The topological polar surface area (TPSA) is 83.8 Å². The van der Waals surface area contributed by atoms with Gasteiger partial charge in [-0.15, -0.1) is 0 Å². The second kappa shape index (κ2) is 7.43. The zero-order valence-corrected chi connectivity index (χ0v) is 14.5. The zero-order chi connectivity index (χ0) is 17.0. The number of aromatic nitrogens is 1. The van der Waals surface area contributed by atoms with Crippen LogP contribution in [0.4, 0.5) is 5.13 Å². The number of hydrazone groups is 1. The van der Waals surface area contributed by atoms with Gasteiger partial charge < -0.3 is 9.84 Å². The smallest absolute Gasteiger partial charge is 0.204 e. The van der Waals surface area contributed by atoms with Crippen LogP contribution in [0.25, 0.3) is 0 Å². The maximum atomic E-state index is 11.4. The fourth-order valence-electron chi connectivity index (χ4n) is 1.87. The lowest BCUT2D eigenvalue weighted by atomic mass is 10.2. The van der Waals surface area contributed by atoms with Gasteiger partial charge in [0.25, 0.3) is 0 Å². The van der Waals surface area contributed by atoms with Gasteiger partial charge in [0.15, 0.2) is 17.3 Å². The monoisotopic (exact) mass is 353 g/mol. The zero-order valence-electron chi connectivity index (χ0n) is 12.9. The maximum Gasteiger partial charge on any atom is 0.204 e. The van der Waals surface area contributed by atoms with E-state index < -0.39 is 0 Å². The van der Waals surface area contributed by atoms with Crippen LogP contribution in [0.2, 0.25) is 5.02 Å². The molecule has 0 fully saturated rings. The Hall–Kier alpha value is -2.12. The summed E-state index contributed by atoms with van der Waals surface area (Å²) < 4.78 is 5.30. The third-order valence-corrected chi connectivity index (χ3v) is 4.29. The molecule has 2 N–H and O–H groups in total. The van der Waals surface area contributed by atoms with Gasteiger partial charge in [0.05, 0.1) is 28.4 Å². The Morgan fingerprint density at radius 3 is 2.91 bits per heavy atom. The molecule has 2 aromatic rings. The first-order valence-corrected chi connectivity index (χ1v) is 8.04. The van der Waals surface area contributed by atoms with Crippen molar-refractivity contribution in [3.63, 3.8) is 0 Å². The number of carbonyl (C=O) groups excluding carboxylic acids is 1. The molecule has 0 aliphatic rings. The number of ketones is 1. The molecule has 122 valence electrons. The van der Waals surface area contributed by atoms with Crippen LogP contribution in [0.1, 0.15) is 34.8 Å². The molecule has 0 amide bonds. The van der Waals surface area contributed by atoms with Crippen molar-refractivity contribution in [2.45, 2.75) is 20.8 Å². The van der Waals surface area contributed by atoms with Crippen LogP contribution in [0.5, 0.6) is 11.5 Å². The molecule has 2 rings (SSSR count). The Balaban J connectivity index is 2.14. The number of benzene rings is 1. The molecule has 1 heterocycles. The molecule has 0 aliphatic heterocycles. The number of hydrogen-bond donors (Lipinski definition) is 2. The van der Waals surface area contributed by atoms with Crippen LogP contribution in [0.3, 0.4) is 0 Å². The molecule has 0 unspecified atom stereocenters. The molecule has 0 saturated heterocycles. The fraction of sp³-hybridized carbons (Fsp3) is 0.267. The number of carbonyl (C=O) groups is 1. The minimum atomic E-state index is -0.0970. The highest BCUT2D eigenvalue weighted by Gasteiger charge is 2.11. The van der Waals surface area contributed by atoms with Crippen molar-refractivity contribution < 1.29 is 14.6 Å². The van der Waals surface area contributed by atoms with Crippen LogP contribution >= 0.6 is 22.9 Å². The lowest BCUT2D eigenvalue weighted by molar-refractivity contribution is 0.102. The van der Waals surface area contributed by atoms with Crippen molar-refractivity contribution in [3.05, 3.63) is 33.3 Å². The Labute approximate surface area is 142 Å². The molecule has 1 aromatic carbocycles. The van der Waals surface area contributed by atoms with E-state index in [-0.39, 0.29) is 16.6 Å². The van der Waals surface area contributed by atoms with E-state index in [0.717, 1.165) is 0 Å². The largest absolute Gasteiger partial charge is 0.503 e. The molecule has 1 aromatic heterocycles. The number of hydrogen-bond acceptors (Lipinski definition) is 7. The number of anilines is 1. The standard InChI is InChI=1S/C15H16ClN3O3S/c1-4-22-12-6-10(5-11(16)13(12)21)7-17-19-15-18-8(2)14(23-15)9(3)20/h5-7,21H,4H2,1-3H3,(H,18,19)/b17-7-. The normalized spacial score (nSPS) is 11.0. The molecule has 0 bridgehead atoms. The maximum absolute atomic E-state index is 11.4. The molecule has 8 heteroatoms. The summed E-state index contributed by atoms with van der Waals surface area (Å²) in [6.45, 7) is 5.50. The first-order chi connectivity index (χ1) is 10.9. The quantitative estimate of drug-likeness (QED) is 0.468. The second-order valence-electron chi connectivity index (χ2n) is 4.64. The van der Waals surface area contributed by atoms with E-state index in [1.54, 1.807) is 19.1 Å². The summed E-state index contributed by atoms with van der Waals surface area (Å²) in [7, 11) is 0. The molecule has 23 heavy (non-hydrogen) atoms. The van der Waals surface area contributed by atoms with Gasteiger partial charge in [-0.1, -0.05) is 22.9 Å². The van der Waals surface area contributed by atoms with Crippen LogP contribution in [-0.2, 0) is 0 Å². The number of aryl methyl sites for hydroxylation is 1. The predicted molar refractivity (Wildman–Crippen MR) is 92.4 cm³/mol. The lowest BCUT2D eigenvalue weighted by Crippen LogP contribution is -1.95. The predicted octanol–water partition coefficient (Wildman–Crippen LogP) is 3.86. The fourth-order valence-corrected chi connectivity index (χ4v) is 2.90. The van der Waals surface area contributed by atoms with Crippen LogP contribution in [0.15, 0.2) is 17.2 Å². The number of nitrogens with zero attached hydrogens (tertiary/aromatic N) is 2. The Bertz CT molecular complexity index is 759. The third-order valence-electron chi connectivity index (χ3n) is 2.84. The molecule has 0 aliphatic carbocycles. The van der Waals surface area contributed by atoms with E-state index in [4.69, 9.17) is 16.3 Å². The third kappa shape index (κ3) is 4.20. The molecular formula is C15H16ClN3O3S. The highest BCUT2D eigenvalue weighted by atomic mass is 35.5. The molecule has 0 saturated carbocycles. The number of phenolic OH excluding ortho intramolecular Hbond substituents is 1. The number of thiazole rings is 1.